The monoisotopic (exact) mass is 245 g/mol. The molecule has 0 aliphatic rings. The van der Waals surface area contributed by atoms with Crippen LogP contribution in [0.4, 0.5) is 14.5 Å². The van der Waals surface area contributed by atoms with E-state index in [1.165, 1.54) is 13.0 Å². The van der Waals surface area contributed by atoms with Gasteiger partial charge in [0.15, 0.2) is 5.60 Å². The highest BCUT2D eigenvalue weighted by atomic mass is 19.1. The van der Waals surface area contributed by atoms with E-state index in [1.807, 2.05) is 0 Å². The molecular formula is C11H13F2NO3. The number of nitrogens with one attached hydrogen (secondary N) is 1. The minimum atomic E-state index is -1.78. The van der Waals surface area contributed by atoms with E-state index in [9.17, 15) is 18.7 Å². The lowest BCUT2D eigenvalue weighted by Crippen LogP contribution is -2.42. The second kappa shape index (κ2) is 5.09. The van der Waals surface area contributed by atoms with Crippen LogP contribution in [0.1, 0.15) is 6.92 Å². The number of benzene rings is 1. The van der Waals surface area contributed by atoms with E-state index >= 15 is 0 Å². The van der Waals surface area contributed by atoms with Crippen molar-refractivity contribution < 1.29 is 23.4 Å². The molecule has 0 saturated heterocycles. The Hall–Kier alpha value is -1.69. The summed E-state index contributed by atoms with van der Waals surface area (Å²) in [6, 6.07) is 2.95. The van der Waals surface area contributed by atoms with E-state index in [0.29, 0.717) is 6.07 Å². The molecule has 1 unspecified atom stereocenters. The number of methoxy groups -OCH3 is 1. The van der Waals surface area contributed by atoms with Crippen LogP contribution in [0.25, 0.3) is 0 Å². The number of hydrogen-bond donors (Lipinski definition) is 2. The molecule has 0 amide bonds. The standard InChI is InChI=1S/C11H13F2NO3/c1-11(16,10(15)17-2)6-14-9-4-3-7(12)5-8(9)13/h3-5,14,16H,6H2,1-2H3. The lowest BCUT2D eigenvalue weighted by atomic mass is 10.1. The molecule has 0 heterocycles. The molecule has 0 aromatic heterocycles. The number of carbonyl (C=O) groups is 1. The van der Waals surface area contributed by atoms with Crippen molar-refractivity contribution in [3.63, 3.8) is 0 Å². The van der Waals surface area contributed by atoms with Gasteiger partial charge >= 0.3 is 5.97 Å². The maximum Gasteiger partial charge on any atom is 0.339 e. The first kappa shape index (κ1) is 13.4. The predicted molar refractivity (Wildman–Crippen MR) is 57.5 cm³/mol. The first-order chi connectivity index (χ1) is 7.86. The van der Waals surface area contributed by atoms with Gasteiger partial charge in [-0.3, -0.25) is 0 Å². The van der Waals surface area contributed by atoms with E-state index in [-0.39, 0.29) is 12.2 Å². The Balaban J connectivity index is 2.70. The molecule has 0 spiro atoms. The van der Waals surface area contributed by atoms with Gasteiger partial charge < -0.3 is 15.2 Å². The molecule has 0 radical (unpaired) electrons. The zero-order valence-electron chi connectivity index (χ0n) is 9.46. The summed E-state index contributed by atoms with van der Waals surface area (Å²) in [7, 11) is 1.13. The van der Waals surface area contributed by atoms with Crippen LogP contribution in [-0.4, -0.2) is 30.3 Å². The highest BCUT2D eigenvalue weighted by Crippen LogP contribution is 2.16. The van der Waals surface area contributed by atoms with Crippen molar-refractivity contribution in [3.05, 3.63) is 29.8 Å². The Kier molecular flexibility index (Phi) is 4.01. The van der Waals surface area contributed by atoms with Gasteiger partial charge in [-0.25, -0.2) is 13.6 Å². The van der Waals surface area contributed by atoms with Crippen molar-refractivity contribution in [3.8, 4) is 0 Å². The van der Waals surface area contributed by atoms with Crippen molar-refractivity contribution in [2.24, 2.45) is 0 Å². The fourth-order valence-corrected chi connectivity index (χ4v) is 1.19. The molecule has 0 aliphatic heterocycles. The third-order valence-electron chi connectivity index (χ3n) is 2.18. The Morgan fingerprint density at radius 3 is 2.71 bits per heavy atom. The predicted octanol–water partition coefficient (Wildman–Crippen LogP) is 1.30. The molecule has 94 valence electrons. The summed E-state index contributed by atoms with van der Waals surface area (Å²) in [5, 5.41) is 12.2. The smallest absolute Gasteiger partial charge is 0.339 e. The van der Waals surface area contributed by atoms with E-state index in [1.54, 1.807) is 0 Å². The molecule has 6 heteroatoms. The molecule has 1 rings (SSSR count). The number of aliphatic hydroxyl groups is 1. The van der Waals surface area contributed by atoms with Crippen LogP contribution in [0, 0.1) is 11.6 Å². The molecule has 1 aromatic carbocycles. The van der Waals surface area contributed by atoms with Crippen molar-refractivity contribution in [2.45, 2.75) is 12.5 Å². The molecule has 17 heavy (non-hydrogen) atoms. The topological polar surface area (TPSA) is 58.6 Å². The van der Waals surface area contributed by atoms with Crippen molar-refractivity contribution in [1.82, 2.24) is 0 Å². The van der Waals surface area contributed by atoms with Crippen LogP contribution in [0.3, 0.4) is 0 Å². The van der Waals surface area contributed by atoms with E-state index in [4.69, 9.17) is 0 Å². The van der Waals surface area contributed by atoms with Gasteiger partial charge in [0.25, 0.3) is 0 Å². The third-order valence-corrected chi connectivity index (χ3v) is 2.18. The maximum absolute atomic E-state index is 13.2. The highest BCUT2D eigenvalue weighted by molar-refractivity contribution is 5.79. The third kappa shape index (κ3) is 3.39. The molecular weight excluding hydrogens is 232 g/mol. The minimum Gasteiger partial charge on any atom is -0.467 e. The van der Waals surface area contributed by atoms with Gasteiger partial charge in [-0.1, -0.05) is 0 Å². The molecule has 1 atom stereocenters. The van der Waals surface area contributed by atoms with Crippen molar-refractivity contribution in [2.75, 3.05) is 19.0 Å². The van der Waals surface area contributed by atoms with Gasteiger partial charge in [0.2, 0.25) is 0 Å². The number of ether oxygens (including phenoxy) is 1. The average Bonchev–Trinajstić information content (AvgIpc) is 2.26. The molecule has 1 aromatic rings. The number of anilines is 1. The van der Waals surface area contributed by atoms with Crippen LogP contribution in [0.15, 0.2) is 18.2 Å². The number of esters is 1. The van der Waals surface area contributed by atoms with Gasteiger partial charge in [-0.05, 0) is 19.1 Å². The molecule has 2 N–H and O–H groups in total. The number of halogens is 2. The van der Waals surface area contributed by atoms with Crippen LogP contribution < -0.4 is 5.32 Å². The summed E-state index contributed by atoms with van der Waals surface area (Å²) in [6.07, 6.45) is 0. The second-order valence-electron chi connectivity index (χ2n) is 3.74. The van der Waals surface area contributed by atoms with Crippen LogP contribution in [0.2, 0.25) is 0 Å². The highest BCUT2D eigenvalue weighted by Gasteiger charge is 2.31. The second-order valence-corrected chi connectivity index (χ2v) is 3.74. The van der Waals surface area contributed by atoms with E-state index < -0.39 is 23.2 Å². The van der Waals surface area contributed by atoms with Crippen molar-refractivity contribution in [1.29, 1.82) is 0 Å². The van der Waals surface area contributed by atoms with Crippen LogP contribution >= 0.6 is 0 Å². The fourth-order valence-electron chi connectivity index (χ4n) is 1.19. The van der Waals surface area contributed by atoms with Gasteiger partial charge in [-0.15, -0.1) is 0 Å². The van der Waals surface area contributed by atoms with E-state index in [2.05, 4.69) is 10.1 Å². The Morgan fingerprint density at radius 1 is 1.53 bits per heavy atom. The Bertz CT molecular complexity index is 421. The molecule has 0 saturated carbocycles. The van der Waals surface area contributed by atoms with Gasteiger partial charge in [0.05, 0.1) is 19.3 Å². The molecule has 0 fully saturated rings. The molecule has 4 nitrogen and oxygen atoms in total. The number of rotatable bonds is 4. The zero-order chi connectivity index (χ0) is 13.1. The summed E-state index contributed by atoms with van der Waals surface area (Å²) in [6.45, 7) is 0.982. The number of carbonyl (C=O) groups excluding carboxylic acids is 1. The van der Waals surface area contributed by atoms with Gasteiger partial charge in [0.1, 0.15) is 11.6 Å². The SMILES string of the molecule is COC(=O)C(C)(O)CNc1ccc(F)cc1F. The van der Waals surface area contributed by atoms with Gasteiger partial charge in [0, 0.05) is 6.07 Å². The van der Waals surface area contributed by atoms with E-state index in [0.717, 1.165) is 13.2 Å². The van der Waals surface area contributed by atoms with Crippen LogP contribution in [-0.2, 0) is 9.53 Å². The normalized spacial score (nSPS) is 13.9. The summed E-state index contributed by atoms with van der Waals surface area (Å²) < 4.78 is 30.2. The lowest BCUT2D eigenvalue weighted by Gasteiger charge is -2.21. The first-order valence-corrected chi connectivity index (χ1v) is 4.86. The molecule has 0 aliphatic carbocycles. The fraction of sp³-hybridized carbons (Fsp3) is 0.364. The zero-order valence-corrected chi connectivity index (χ0v) is 9.46. The largest absolute Gasteiger partial charge is 0.467 e. The van der Waals surface area contributed by atoms with Gasteiger partial charge in [-0.2, -0.15) is 0 Å². The summed E-state index contributed by atoms with van der Waals surface area (Å²) in [5.74, 6) is -2.34. The first-order valence-electron chi connectivity index (χ1n) is 4.86. The molecule has 0 bridgehead atoms. The summed E-state index contributed by atoms with van der Waals surface area (Å²) in [4.78, 5) is 11.1. The maximum atomic E-state index is 13.2. The minimum absolute atomic E-state index is 0.00409. The number of hydrogen-bond acceptors (Lipinski definition) is 4. The lowest BCUT2D eigenvalue weighted by molar-refractivity contribution is -0.158. The summed E-state index contributed by atoms with van der Waals surface area (Å²) in [5.41, 5.74) is -1.79. The Labute approximate surface area is 97.2 Å². The van der Waals surface area contributed by atoms with Crippen molar-refractivity contribution >= 4 is 11.7 Å². The Morgan fingerprint density at radius 2 is 2.18 bits per heavy atom. The quantitative estimate of drug-likeness (QED) is 0.785. The average molecular weight is 245 g/mol. The summed E-state index contributed by atoms with van der Waals surface area (Å²) >= 11 is 0. The van der Waals surface area contributed by atoms with Crippen LogP contribution in [0.5, 0.6) is 0 Å².